The molecule has 10 N–H and O–H groups in total. The molecule has 0 bridgehead atoms. The number of primary amides is 1. The number of nitrogens with one attached hydrogen (secondary N) is 5. The lowest BCUT2D eigenvalue weighted by Crippen LogP contribution is -2.57. The van der Waals surface area contributed by atoms with Crippen molar-refractivity contribution >= 4 is 35.4 Å². The van der Waals surface area contributed by atoms with Crippen LogP contribution >= 0.6 is 0 Å². The zero-order chi connectivity index (χ0) is 35.8. The molecular weight excluding hydrogens is 618 g/mol. The Bertz CT molecular complexity index is 1380. The normalized spacial score (nSPS) is 13.5. The van der Waals surface area contributed by atoms with Crippen molar-refractivity contribution in [3.05, 3.63) is 65.7 Å². The molecule has 0 aliphatic carbocycles. The highest BCUT2D eigenvalue weighted by Crippen LogP contribution is 2.12. The molecule has 0 spiro atoms. The van der Waals surface area contributed by atoms with Gasteiger partial charge < -0.3 is 43.2 Å². The van der Waals surface area contributed by atoms with Gasteiger partial charge in [-0.1, -0.05) is 70.2 Å². The van der Waals surface area contributed by atoms with Crippen molar-refractivity contribution in [2.24, 2.45) is 23.3 Å². The smallest absolute Gasteiger partial charge is 0.243 e. The van der Waals surface area contributed by atoms with Crippen molar-refractivity contribution in [1.82, 2.24) is 26.6 Å². The van der Waals surface area contributed by atoms with Crippen LogP contribution in [0.5, 0.6) is 5.75 Å². The van der Waals surface area contributed by atoms with Gasteiger partial charge >= 0.3 is 0 Å². The molecule has 0 aliphatic rings. The molecule has 48 heavy (non-hydrogen) atoms. The Hall–Kier alpha value is -4.98. The number of carbonyl (C=O) groups excluding carboxylic acids is 6. The lowest BCUT2D eigenvalue weighted by atomic mass is 9.99. The van der Waals surface area contributed by atoms with Gasteiger partial charge in [0.15, 0.2) is 0 Å². The molecule has 4 atom stereocenters. The summed E-state index contributed by atoms with van der Waals surface area (Å²) in [4.78, 5) is 76.4. The van der Waals surface area contributed by atoms with E-state index in [9.17, 15) is 33.9 Å². The minimum absolute atomic E-state index is 0.00148. The van der Waals surface area contributed by atoms with Gasteiger partial charge in [-0.25, -0.2) is 0 Å². The van der Waals surface area contributed by atoms with Crippen molar-refractivity contribution in [2.45, 2.75) is 77.5 Å². The fourth-order valence-corrected chi connectivity index (χ4v) is 4.79. The summed E-state index contributed by atoms with van der Waals surface area (Å²) in [6.45, 7) is 6.62. The second-order valence-corrected chi connectivity index (χ2v) is 12.6. The highest BCUT2D eigenvalue weighted by molar-refractivity contribution is 5.95. The average Bonchev–Trinajstić information content (AvgIpc) is 3.02. The van der Waals surface area contributed by atoms with Crippen LogP contribution in [0.25, 0.3) is 0 Å². The summed E-state index contributed by atoms with van der Waals surface area (Å²) in [5, 5.41) is 22.2. The fraction of sp³-hybridized carbons (Fsp3) is 0.471. The molecule has 14 heteroatoms. The van der Waals surface area contributed by atoms with Crippen molar-refractivity contribution < 1.29 is 33.9 Å². The molecule has 0 unspecified atom stereocenters. The van der Waals surface area contributed by atoms with Crippen LogP contribution in [0, 0.1) is 11.8 Å². The molecule has 0 saturated carbocycles. The molecule has 14 nitrogen and oxygen atoms in total. The van der Waals surface area contributed by atoms with E-state index in [0.717, 1.165) is 11.1 Å². The topological polar surface area (TPSA) is 235 Å². The van der Waals surface area contributed by atoms with Gasteiger partial charge in [0.1, 0.15) is 23.9 Å². The van der Waals surface area contributed by atoms with E-state index >= 15 is 0 Å². The molecule has 0 heterocycles. The highest BCUT2D eigenvalue weighted by atomic mass is 16.3. The van der Waals surface area contributed by atoms with E-state index in [4.69, 9.17) is 11.5 Å². The largest absolute Gasteiger partial charge is 0.508 e. The van der Waals surface area contributed by atoms with Gasteiger partial charge in [0.2, 0.25) is 35.4 Å². The molecule has 0 aromatic heterocycles. The van der Waals surface area contributed by atoms with Crippen LogP contribution in [0.1, 0.15) is 51.7 Å². The molecule has 2 rings (SSSR count). The Morgan fingerprint density at radius 1 is 0.625 bits per heavy atom. The van der Waals surface area contributed by atoms with Crippen molar-refractivity contribution in [1.29, 1.82) is 0 Å². The van der Waals surface area contributed by atoms with Crippen LogP contribution in [-0.4, -0.2) is 77.8 Å². The third kappa shape index (κ3) is 14.6. The minimum atomic E-state index is -1.11. The van der Waals surface area contributed by atoms with Gasteiger partial charge in [0, 0.05) is 6.42 Å². The number of nitrogens with two attached hydrogens (primary N) is 2. The Kier molecular flexibility index (Phi) is 16.0. The van der Waals surface area contributed by atoms with Gasteiger partial charge in [-0.3, -0.25) is 28.8 Å². The van der Waals surface area contributed by atoms with Crippen LogP contribution in [-0.2, 0) is 41.6 Å². The van der Waals surface area contributed by atoms with Crippen LogP contribution in [0.15, 0.2) is 54.6 Å². The SMILES string of the molecule is CC(C)C[C@H](NC(=O)[C@H](CC(C)C)NC(=O)[C@H](Cc1ccccc1)NC(=O)CNC(=O)CNC(=O)[C@@H](N)Cc1ccc(O)cc1)C(N)=O. The molecule has 0 fully saturated rings. The number of phenolic OH excluding ortho intramolecular Hbond substituents is 1. The molecule has 2 aromatic carbocycles. The first kappa shape index (κ1) is 39.2. The molecule has 262 valence electrons. The number of hydrogen-bond acceptors (Lipinski definition) is 8. The maximum atomic E-state index is 13.5. The number of carbonyl (C=O) groups is 6. The molecule has 6 amide bonds. The van der Waals surface area contributed by atoms with E-state index in [2.05, 4.69) is 26.6 Å². The predicted molar refractivity (Wildman–Crippen MR) is 180 cm³/mol. The number of aromatic hydroxyl groups is 1. The number of hydrogen-bond donors (Lipinski definition) is 8. The van der Waals surface area contributed by atoms with Crippen molar-refractivity contribution in [3.63, 3.8) is 0 Å². The molecule has 0 aliphatic heterocycles. The standard InChI is InChI=1S/C34H49N7O7/c1-20(2)14-26(31(36)45)40-33(47)27(15-21(3)4)41-34(48)28(17-22-8-6-5-7-9-22)39-30(44)19-37-29(43)18-38-32(46)25(35)16-23-10-12-24(42)13-11-23/h5-13,20-21,25-28,42H,14-19,35H2,1-4H3,(H2,36,45)(H,37,43)(H,38,46)(H,39,44)(H,40,47)(H,41,48)/t25-,26-,27-,28-/m0/s1. The van der Waals surface area contributed by atoms with E-state index in [1.807, 2.05) is 27.7 Å². The van der Waals surface area contributed by atoms with E-state index in [1.165, 1.54) is 12.1 Å². The summed E-state index contributed by atoms with van der Waals surface area (Å²) in [5.74, 6) is -3.62. The number of amides is 6. The first-order valence-corrected chi connectivity index (χ1v) is 16.0. The average molecular weight is 668 g/mol. The van der Waals surface area contributed by atoms with Gasteiger partial charge in [-0.2, -0.15) is 0 Å². The Morgan fingerprint density at radius 3 is 1.73 bits per heavy atom. The predicted octanol–water partition coefficient (Wildman–Crippen LogP) is -0.231. The lowest BCUT2D eigenvalue weighted by Gasteiger charge is -2.26. The van der Waals surface area contributed by atoms with Crippen LogP contribution in [0.4, 0.5) is 0 Å². The molecular formula is C34H49N7O7. The first-order chi connectivity index (χ1) is 22.6. The van der Waals surface area contributed by atoms with Crippen LogP contribution in [0.3, 0.4) is 0 Å². The summed E-state index contributed by atoms with van der Waals surface area (Å²) in [5.41, 5.74) is 12.9. The Morgan fingerprint density at radius 2 is 1.15 bits per heavy atom. The summed E-state index contributed by atoms with van der Waals surface area (Å²) in [6, 6.07) is 11.2. The number of phenols is 1. The summed E-state index contributed by atoms with van der Waals surface area (Å²) < 4.78 is 0. The zero-order valence-electron chi connectivity index (χ0n) is 28.0. The second kappa shape index (κ2) is 19.6. The van der Waals surface area contributed by atoms with E-state index in [0.29, 0.717) is 6.42 Å². The summed E-state index contributed by atoms with van der Waals surface area (Å²) >= 11 is 0. The third-order valence-electron chi connectivity index (χ3n) is 7.24. The van der Waals surface area contributed by atoms with Gasteiger partial charge in [0.05, 0.1) is 19.1 Å². The van der Waals surface area contributed by atoms with Gasteiger partial charge in [-0.15, -0.1) is 0 Å². The van der Waals surface area contributed by atoms with Crippen molar-refractivity contribution in [3.8, 4) is 5.75 Å². The third-order valence-corrected chi connectivity index (χ3v) is 7.24. The monoisotopic (exact) mass is 667 g/mol. The van der Waals surface area contributed by atoms with E-state index in [1.54, 1.807) is 42.5 Å². The van der Waals surface area contributed by atoms with Crippen LogP contribution in [0.2, 0.25) is 0 Å². The van der Waals surface area contributed by atoms with E-state index < -0.39 is 72.7 Å². The van der Waals surface area contributed by atoms with Gasteiger partial charge in [-0.05, 0) is 54.4 Å². The zero-order valence-corrected chi connectivity index (χ0v) is 28.0. The first-order valence-electron chi connectivity index (χ1n) is 16.0. The lowest BCUT2D eigenvalue weighted by molar-refractivity contribution is -0.133. The maximum absolute atomic E-state index is 13.5. The Labute approximate surface area is 281 Å². The second-order valence-electron chi connectivity index (χ2n) is 12.6. The molecule has 0 saturated heterocycles. The molecule has 0 radical (unpaired) electrons. The van der Waals surface area contributed by atoms with Gasteiger partial charge in [0.25, 0.3) is 0 Å². The number of rotatable bonds is 19. The fourth-order valence-electron chi connectivity index (χ4n) is 4.79. The van der Waals surface area contributed by atoms with Crippen molar-refractivity contribution in [2.75, 3.05) is 13.1 Å². The van der Waals surface area contributed by atoms with E-state index in [-0.39, 0.29) is 36.8 Å². The molecule has 2 aromatic rings. The summed E-state index contributed by atoms with van der Waals surface area (Å²) in [7, 11) is 0. The van der Waals surface area contributed by atoms with Crippen LogP contribution < -0.4 is 38.1 Å². The highest BCUT2D eigenvalue weighted by Gasteiger charge is 2.30. The maximum Gasteiger partial charge on any atom is 0.243 e. The summed E-state index contributed by atoms with van der Waals surface area (Å²) in [6.07, 6.45) is 0.869. The Balaban J connectivity index is 2.02. The number of benzene rings is 2. The quantitative estimate of drug-likeness (QED) is 0.0994. The minimum Gasteiger partial charge on any atom is -0.508 e.